The molecule has 0 saturated carbocycles. The Hall–Kier alpha value is -1.69. The number of nitrogens with one attached hydrogen (secondary N) is 1. The second-order valence-corrected chi connectivity index (χ2v) is 4.71. The van der Waals surface area contributed by atoms with Gasteiger partial charge in [0.05, 0.1) is 18.5 Å². The first-order chi connectivity index (χ1) is 9.01. The van der Waals surface area contributed by atoms with Gasteiger partial charge >= 0.3 is 0 Å². The lowest BCUT2D eigenvalue weighted by Gasteiger charge is -2.10. The number of rotatable bonds is 3. The molecule has 0 spiro atoms. The van der Waals surface area contributed by atoms with Crippen molar-refractivity contribution in [3.63, 3.8) is 0 Å². The summed E-state index contributed by atoms with van der Waals surface area (Å²) in [5, 5.41) is 2.73. The maximum absolute atomic E-state index is 13.7. The smallest absolute Gasteiger partial charge is 0.167 e. The Bertz CT molecular complexity index is 620. The summed E-state index contributed by atoms with van der Waals surface area (Å²) in [4.78, 5) is 4.20. The molecule has 1 N–H and O–H groups in total. The fourth-order valence-electron chi connectivity index (χ4n) is 1.53. The summed E-state index contributed by atoms with van der Waals surface area (Å²) in [6.07, 6.45) is 0. The van der Waals surface area contributed by atoms with E-state index in [-0.39, 0.29) is 11.4 Å². The van der Waals surface area contributed by atoms with Gasteiger partial charge in [-0.05, 0) is 35.0 Å². The number of pyridine rings is 1. The quantitative estimate of drug-likeness (QED) is 0.917. The molecule has 0 aliphatic rings. The van der Waals surface area contributed by atoms with Crippen molar-refractivity contribution in [2.24, 2.45) is 0 Å². The van der Waals surface area contributed by atoms with Crippen LogP contribution in [0.4, 0.5) is 20.3 Å². The van der Waals surface area contributed by atoms with Crippen LogP contribution in [0.1, 0.15) is 5.69 Å². The van der Waals surface area contributed by atoms with Crippen LogP contribution in [0.3, 0.4) is 0 Å². The van der Waals surface area contributed by atoms with Crippen LogP contribution in [-0.2, 0) is 0 Å². The van der Waals surface area contributed by atoms with Crippen molar-refractivity contribution in [1.82, 2.24) is 4.98 Å². The standard InChI is InChI=1S/C13H11BrF2N2O/c1-7-8(14)3-4-13(17-7)18-11-5-10(16)12(19-2)6-9(11)15/h3-6H,1-2H3,(H,17,18). The SMILES string of the molecule is COc1cc(F)c(Nc2ccc(Br)c(C)n2)cc1F. The second-order valence-electron chi connectivity index (χ2n) is 3.86. The van der Waals surface area contributed by atoms with E-state index in [2.05, 4.69) is 26.2 Å². The van der Waals surface area contributed by atoms with Crippen LogP contribution >= 0.6 is 15.9 Å². The molecule has 0 atom stereocenters. The van der Waals surface area contributed by atoms with Crippen LogP contribution in [0.2, 0.25) is 0 Å². The zero-order valence-electron chi connectivity index (χ0n) is 10.3. The van der Waals surface area contributed by atoms with Crippen molar-refractivity contribution in [3.05, 3.63) is 46.1 Å². The number of ether oxygens (including phenoxy) is 1. The summed E-state index contributed by atoms with van der Waals surface area (Å²) in [7, 11) is 1.28. The van der Waals surface area contributed by atoms with Gasteiger partial charge < -0.3 is 10.1 Å². The van der Waals surface area contributed by atoms with Gasteiger partial charge in [0.15, 0.2) is 17.4 Å². The van der Waals surface area contributed by atoms with Crippen molar-refractivity contribution in [2.75, 3.05) is 12.4 Å². The van der Waals surface area contributed by atoms with Gasteiger partial charge in [-0.2, -0.15) is 0 Å². The number of aromatic nitrogens is 1. The molecule has 1 aromatic heterocycles. The predicted octanol–water partition coefficient (Wildman–Crippen LogP) is 4.18. The fraction of sp³-hybridized carbons (Fsp3) is 0.154. The lowest BCUT2D eigenvalue weighted by molar-refractivity contribution is 0.383. The first-order valence-corrected chi connectivity index (χ1v) is 6.23. The molecule has 6 heteroatoms. The number of anilines is 2. The zero-order valence-corrected chi connectivity index (χ0v) is 11.9. The second kappa shape index (κ2) is 5.52. The van der Waals surface area contributed by atoms with E-state index < -0.39 is 11.6 Å². The van der Waals surface area contributed by atoms with E-state index >= 15 is 0 Å². The number of methoxy groups -OCH3 is 1. The number of benzene rings is 1. The summed E-state index contributed by atoms with van der Waals surface area (Å²) < 4.78 is 32.8. The highest BCUT2D eigenvalue weighted by Gasteiger charge is 2.11. The summed E-state index contributed by atoms with van der Waals surface area (Å²) in [5.74, 6) is -0.951. The summed E-state index contributed by atoms with van der Waals surface area (Å²) in [5.41, 5.74) is 0.756. The van der Waals surface area contributed by atoms with Crippen LogP contribution in [0.15, 0.2) is 28.7 Å². The average molecular weight is 329 g/mol. The molecule has 0 amide bonds. The highest BCUT2D eigenvalue weighted by atomic mass is 79.9. The number of halogens is 3. The van der Waals surface area contributed by atoms with Gasteiger partial charge in [0.25, 0.3) is 0 Å². The average Bonchev–Trinajstić information content (AvgIpc) is 2.38. The molecule has 0 bridgehead atoms. The Morgan fingerprint density at radius 1 is 1.21 bits per heavy atom. The van der Waals surface area contributed by atoms with Crippen molar-refractivity contribution in [1.29, 1.82) is 0 Å². The molecule has 0 aliphatic carbocycles. The Morgan fingerprint density at radius 3 is 2.58 bits per heavy atom. The largest absolute Gasteiger partial charge is 0.494 e. The van der Waals surface area contributed by atoms with Gasteiger partial charge in [0, 0.05) is 16.6 Å². The molecule has 0 aliphatic heterocycles. The molecule has 100 valence electrons. The number of aryl methyl sites for hydroxylation is 1. The third-order valence-corrected chi connectivity index (χ3v) is 3.36. The molecular formula is C13H11BrF2N2O. The minimum Gasteiger partial charge on any atom is -0.494 e. The monoisotopic (exact) mass is 328 g/mol. The van der Waals surface area contributed by atoms with Crippen LogP contribution in [-0.4, -0.2) is 12.1 Å². The van der Waals surface area contributed by atoms with Crippen molar-refractivity contribution in [2.45, 2.75) is 6.92 Å². The molecule has 0 unspecified atom stereocenters. The van der Waals surface area contributed by atoms with E-state index in [4.69, 9.17) is 4.74 Å². The number of hydrogen-bond donors (Lipinski definition) is 1. The van der Waals surface area contributed by atoms with E-state index in [0.29, 0.717) is 5.82 Å². The van der Waals surface area contributed by atoms with Crippen molar-refractivity contribution >= 4 is 27.4 Å². The van der Waals surface area contributed by atoms with E-state index in [1.165, 1.54) is 7.11 Å². The molecule has 3 nitrogen and oxygen atoms in total. The first kappa shape index (κ1) is 13.7. The summed E-state index contributed by atoms with van der Waals surface area (Å²) in [6.45, 7) is 1.81. The third kappa shape index (κ3) is 3.01. The molecule has 0 saturated heterocycles. The predicted molar refractivity (Wildman–Crippen MR) is 72.9 cm³/mol. The van der Waals surface area contributed by atoms with Crippen LogP contribution in [0.25, 0.3) is 0 Å². The molecule has 19 heavy (non-hydrogen) atoms. The molecule has 2 aromatic rings. The topological polar surface area (TPSA) is 34.1 Å². The lowest BCUT2D eigenvalue weighted by Crippen LogP contribution is -1.99. The van der Waals surface area contributed by atoms with Gasteiger partial charge in [0.2, 0.25) is 0 Å². The fourth-order valence-corrected chi connectivity index (χ4v) is 1.75. The normalized spacial score (nSPS) is 10.4. The van der Waals surface area contributed by atoms with Crippen LogP contribution in [0, 0.1) is 18.6 Å². The molecular weight excluding hydrogens is 318 g/mol. The van der Waals surface area contributed by atoms with E-state index in [0.717, 1.165) is 22.3 Å². The summed E-state index contributed by atoms with van der Waals surface area (Å²) in [6, 6.07) is 5.47. The van der Waals surface area contributed by atoms with Gasteiger partial charge in [-0.3, -0.25) is 0 Å². The van der Waals surface area contributed by atoms with E-state index in [9.17, 15) is 8.78 Å². The van der Waals surface area contributed by atoms with Crippen LogP contribution in [0.5, 0.6) is 5.75 Å². The highest BCUT2D eigenvalue weighted by Crippen LogP contribution is 2.27. The van der Waals surface area contributed by atoms with Gasteiger partial charge in [-0.15, -0.1) is 0 Å². The maximum atomic E-state index is 13.7. The Morgan fingerprint density at radius 2 is 1.95 bits per heavy atom. The maximum Gasteiger partial charge on any atom is 0.167 e. The van der Waals surface area contributed by atoms with Gasteiger partial charge in [-0.25, -0.2) is 13.8 Å². The minimum atomic E-state index is -0.639. The Kier molecular flexibility index (Phi) is 3.99. The highest BCUT2D eigenvalue weighted by molar-refractivity contribution is 9.10. The minimum absolute atomic E-state index is 0.00697. The van der Waals surface area contributed by atoms with Crippen molar-refractivity contribution < 1.29 is 13.5 Å². The third-order valence-electron chi connectivity index (χ3n) is 2.53. The Labute approximate surface area is 117 Å². The molecule has 0 radical (unpaired) electrons. The zero-order chi connectivity index (χ0) is 14.0. The van der Waals surface area contributed by atoms with E-state index in [1.54, 1.807) is 19.1 Å². The number of nitrogens with zero attached hydrogens (tertiary/aromatic N) is 1. The number of hydrogen-bond acceptors (Lipinski definition) is 3. The van der Waals surface area contributed by atoms with Gasteiger partial charge in [0.1, 0.15) is 5.82 Å². The molecule has 0 fully saturated rings. The van der Waals surface area contributed by atoms with Gasteiger partial charge in [-0.1, -0.05) is 0 Å². The van der Waals surface area contributed by atoms with E-state index in [1.807, 2.05) is 0 Å². The Balaban J connectivity index is 2.32. The van der Waals surface area contributed by atoms with Crippen LogP contribution < -0.4 is 10.1 Å². The first-order valence-electron chi connectivity index (χ1n) is 5.44. The molecule has 2 rings (SSSR count). The molecule has 1 aromatic carbocycles. The summed E-state index contributed by atoms with van der Waals surface area (Å²) >= 11 is 3.32. The van der Waals surface area contributed by atoms with Crippen molar-refractivity contribution in [3.8, 4) is 5.75 Å². The lowest BCUT2D eigenvalue weighted by atomic mass is 10.2. The molecule has 1 heterocycles.